The van der Waals surface area contributed by atoms with E-state index in [0.717, 1.165) is 42.6 Å². The third-order valence-electron chi connectivity index (χ3n) is 5.55. The van der Waals surface area contributed by atoms with Crippen LogP contribution < -0.4 is 10.5 Å². The summed E-state index contributed by atoms with van der Waals surface area (Å²) in [4.78, 5) is 24.6. The van der Waals surface area contributed by atoms with Crippen LogP contribution in [0.1, 0.15) is 53.6 Å². The number of carbonyl (C=O) groups excluding carboxylic acids is 1. The second kappa shape index (κ2) is 9.51. The molecule has 0 saturated heterocycles. The van der Waals surface area contributed by atoms with Gasteiger partial charge in [0.05, 0.1) is 5.56 Å². The van der Waals surface area contributed by atoms with Gasteiger partial charge in [0, 0.05) is 31.1 Å². The van der Waals surface area contributed by atoms with Crippen LogP contribution in [0.15, 0.2) is 60.6 Å². The molecule has 31 heavy (non-hydrogen) atoms. The minimum absolute atomic E-state index is 0.0898. The Kier molecular flexibility index (Phi) is 6.36. The summed E-state index contributed by atoms with van der Waals surface area (Å²) in [5, 5.41) is 0. The van der Waals surface area contributed by atoms with Crippen molar-refractivity contribution in [3.8, 4) is 11.6 Å². The molecule has 158 valence electrons. The first-order valence-electron chi connectivity index (χ1n) is 10.6. The number of pyridine rings is 1. The maximum Gasteiger partial charge on any atom is 0.219 e. The van der Waals surface area contributed by atoms with Crippen LogP contribution in [-0.2, 0) is 0 Å². The Morgan fingerprint density at radius 3 is 2.58 bits per heavy atom. The first-order valence-corrected chi connectivity index (χ1v) is 10.6. The van der Waals surface area contributed by atoms with Crippen molar-refractivity contribution >= 4 is 17.8 Å². The predicted molar refractivity (Wildman–Crippen MR) is 121 cm³/mol. The molecular formula is C25H26N4O2. The second-order valence-electron chi connectivity index (χ2n) is 8.05. The number of nitrogens with two attached hydrogens (primary N) is 1. The zero-order valence-electron chi connectivity index (χ0n) is 17.6. The van der Waals surface area contributed by atoms with Crippen LogP contribution >= 0.6 is 0 Å². The van der Waals surface area contributed by atoms with E-state index in [0.29, 0.717) is 23.8 Å². The number of allylic oxidation sites excluding steroid dienone is 1. The van der Waals surface area contributed by atoms with E-state index in [-0.39, 0.29) is 11.7 Å². The van der Waals surface area contributed by atoms with Gasteiger partial charge in [0.25, 0.3) is 0 Å². The molecule has 2 aromatic heterocycles. The highest BCUT2D eigenvalue weighted by Gasteiger charge is 2.20. The van der Waals surface area contributed by atoms with Gasteiger partial charge in [0.1, 0.15) is 5.75 Å². The summed E-state index contributed by atoms with van der Waals surface area (Å²) in [5.41, 5.74) is 9.66. The fourth-order valence-electron chi connectivity index (χ4n) is 3.80. The van der Waals surface area contributed by atoms with Crippen molar-refractivity contribution in [2.75, 3.05) is 5.73 Å². The number of nitrogen functional groups attached to an aromatic ring is 1. The van der Waals surface area contributed by atoms with Gasteiger partial charge in [-0.2, -0.15) is 0 Å². The average molecular weight is 415 g/mol. The third-order valence-corrected chi connectivity index (χ3v) is 5.55. The summed E-state index contributed by atoms with van der Waals surface area (Å²) in [6, 6.07) is 11.9. The molecule has 1 saturated carbocycles. The highest BCUT2D eigenvalue weighted by molar-refractivity contribution is 5.95. The number of hydrogen-bond acceptors (Lipinski definition) is 6. The van der Waals surface area contributed by atoms with Gasteiger partial charge in [0.15, 0.2) is 5.78 Å². The molecular weight excluding hydrogens is 388 g/mol. The average Bonchev–Trinajstić information content (AvgIpc) is 2.77. The summed E-state index contributed by atoms with van der Waals surface area (Å²) in [7, 11) is 0. The van der Waals surface area contributed by atoms with Crippen molar-refractivity contribution in [3.05, 3.63) is 77.3 Å². The lowest BCUT2D eigenvalue weighted by molar-refractivity contribution is 0.0953. The van der Waals surface area contributed by atoms with Gasteiger partial charge >= 0.3 is 0 Å². The van der Waals surface area contributed by atoms with E-state index in [1.807, 2.05) is 37.3 Å². The SMILES string of the molecule is Cc1ccc(Oc2cccc(C=C3CCC(CC(=O)c4cnc(N)nc4)CC3)c2)nc1. The third kappa shape index (κ3) is 5.75. The number of rotatable bonds is 6. The Morgan fingerprint density at radius 1 is 1.10 bits per heavy atom. The predicted octanol–water partition coefficient (Wildman–Crippen LogP) is 5.40. The van der Waals surface area contributed by atoms with Gasteiger partial charge in [-0.1, -0.05) is 29.8 Å². The molecule has 3 aromatic rings. The Balaban J connectivity index is 1.33. The van der Waals surface area contributed by atoms with Gasteiger partial charge in [-0.05, 0) is 61.8 Å². The van der Waals surface area contributed by atoms with Crippen LogP contribution in [0, 0.1) is 12.8 Å². The topological polar surface area (TPSA) is 91.0 Å². The minimum Gasteiger partial charge on any atom is -0.439 e. The fraction of sp³-hybridized carbons (Fsp3) is 0.280. The number of aryl methyl sites for hydroxylation is 1. The molecule has 0 radical (unpaired) electrons. The molecule has 6 nitrogen and oxygen atoms in total. The standard InChI is InChI=1S/C25H26N4O2/c1-17-5-10-24(27-14-17)31-22-4-2-3-20(12-22)11-18-6-8-19(9-7-18)13-23(30)21-15-28-25(26)29-16-21/h2-5,10-12,14-16,19H,6-9,13H2,1H3,(H2,26,28,29). The Labute approximate surface area is 182 Å². The van der Waals surface area contributed by atoms with Crippen molar-refractivity contribution in [3.63, 3.8) is 0 Å². The number of benzene rings is 1. The molecule has 0 spiro atoms. The number of ether oxygens (including phenoxy) is 1. The molecule has 0 amide bonds. The molecule has 4 rings (SSSR count). The van der Waals surface area contributed by atoms with Gasteiger partial charge in [-0.25, -0.2) is 15.0 Å². The quantitative estimate of drug-likeness (QED) is 0.543. The van der Waals surface area contributed by atoms with E-state index in [9.17, 15) is 4.79 Å². The molecule has 1 aliphatic carbocycles. The van der Waals surface area contributed by atoms with Crippen LogP contribution in [0.5, 0.6) is 11.6 Å². The number of ketones is 1. The van der Waals surface area contributed by atoms with Gasteiger partial charge < -0.3 is 10.5 Å². The summed E-state index contributed by atoms with van der Waals surface area (Å²) >= 11 is 0. The fourth-order valence-corrected chi connectivity index (χ4v) is 3.80. The molecule has 2 heterocycles. The van der Waals surface area contributed by atoms with Crippen LogP contribution in [0.4, 0.5) is 5.95 Å². The molecule has 6 heteroatoms. The van der Waals surface area contributed by atoms with Crippen molar-refractivity contribution in [1.82, 2.24) is 15.0 Å². The number of aromatic nitrogens is 3. The van der Waals surface area contributed by atoms with Crippen LogP contribution in [-0.4, -0.2) is 20.7 Å². The number of hydrogen-bond donors (Lipinski definition) is 1. The van der Waals surface area contributed by atoms with E-state index in [4.69, 9.17) is 10.5 Å². The normalized spacial score (nSPS) is 16.0. The molecule has 0 atom stereocenters. The number of carbonyl (C=O) groups is 1. The van der Waals surface area contributed by atoms with Crippen molar-refractivity contribution in [2.45, 2.75) is 39.0 Å². The zero-order chi connectivity index (χ0) is 21.6. The van der Waals surface area contributed by atoms with Gasteiger partial charge in [-0.15, -0.1) is 0 Å². The molecule has 0 bridgehead atoms. The van der Waals surface area contributed by atoms with Crippen molar-refractivity contribution < 1.29 is 9.53 Å². The van der Waals surface area contributed by atoms with Crippen LogP contribution in [0.3, 0.4) is 0 Å². The number of nitrogens with zero attached hydrogens (tertiary/aromatic N) is 3. The van der Waals surface area contributed by atoms with E-state index in [1.165, 1.54) is 18.0 Å². The molecule has 2 N–H and O–H groups in total. The molecule has 1 aromatic carbocycles. The minimum atomic E-state index is 0.0898. The number of anilines is 1. The van der Waals surface area contributed by atoms with Crippen LogP contribution in [0.2, 0.25) is 0 Å². The Hall–Kier alpha value is -3.54. The molecule has 0 unspecified atom stereocenters. The van der Waals surface area contributed by atoms with Crippen LogP contribution in [0.25, 0.3) is 6.08 Å². The monoisotopic (exact) mass is 414 g/mol. The second-order valence-corrected chi connectivity index (χ2v) is 8.05. The van der Waals surface area contributed by atoms with E-state index in [1.54, 1.807) is 6.20 Å². The largest absolute Gasteiger partial charge is 0.439 e. The van der Waals surface area contributed by atoms with Gasteiger partial charge in [-0.3, -0.25) is 4.79 Å². The molecule has 0 aliphatic heterocycles. The maximum absolute atomic E-state index is 12.4. The van der Waals surface area contributed by atoms with Crippen molar-refractivity contribution in [1.29, 1.82) is 0 Å². The number of Topliss-reactive ketones (excluding diaryl/α,β-unsaturated/α-hetero) is 1. The summed E-state index contributed by atoms with van der Waals surface area (Å²) in [6.07, 6.45) is 11.6. The molecule has 1 aliphatic rings. The highest BCUT2D eigenvalue weighted by atomic mass is 16.5. The lowest BCUT2D eigenvalue weighted by Crippen LogP contribution is -2.14. The highest BCUT2D eigenvalue weighted by Crippen LogP contribution is 2.33. The Morgan fingerprint density at radius 2 is 1.87 bits per heavy atom. The van der Waals surface area contributed by atoms with E-state index >= 15 is 0 Å². The smallest absolute Gasteiger partial charge is 0.219 e. The first kappa shape index (κ1) is 20.7. The van der Waals surface area contributed by atoms with Gasteiger partial charge in [0.2, 0.25) is 11.8 Å². The van der Waals surface area contributed by atoms with E-state index < -0.39 is 0 Å². The summed E-state index contributed by atoms with van der Waals surface area (Å²) < 4.78 is 5.88. The molecule has 1 fully saturated rings. The zero-order valence-corrected chi connectivity index (χ0v) is 17.6. The maximum atomic E-state index is 12.4. The lowest BCUT2D eigenvalue weighted by Gasteiger charge is -2.23. The van der Waals surface area contributed by atoms with Crippen molar-refractivity contribution in [2.24, 2.45) is 5.92 Å². The Bertz CT molecular complexity index is 1070. The van der Waals surface area contributed by atoms with E-state index in [2.05, 4.69) is 27.1 Å². The first-order chi connectivity index (χ1) is 15.0. The lowest BCUT2D eigenvalue weighted by atomic mass is 9.82. The summed E-state index contributed by atoms with van der Waals surface area (Å²) in [5.74, 6) is 2.04. The summed E-state index contributed by atoms with van der Waals surface area (Å²) in [6.45, 7) is 2.00.